The van der Waals surface area contributed by atoms with Crippen LogP contribution in [-0.4, -0.2) is 48.6 Å². The molecule has 1 saturated heterocycles. The molecule has 2 amide bonds. The van der Waals surface area contributed by atoms with E-state index in [2.05, 4.69) is 30.7 Å². The summed E-state index contributed by atoms with van der Waals surface area (Å²) >= 11 is 0. The van der Waals surface area contributed by atoms with Gasteiger partial charge in [-0.3, -0.25) is 0 Å². The van der Waals surface area contributed by atoms with Gasteiger partial charge in [0.05, 0.1) is 5.69 Å². The van der Waals surface area contributed by atoms with Crippen molar-refractivity contribution >= 4 is 34.7 Å². The van der Waals surface area contributed by atoms with Gasteiger partial charge in [-0.15, -0.1) is 0 Å². The van der Waals surface area contributed by atoms with E-state index < -0.39 is 0 Å². The van der Waals surface area contributed by atoms with Crippen molar-refractivity contribution in [2.75, 3.05) is 29.5 Å². The van der Waals surface area contributed by atoms with Gasteiger partial charge < -0.3 is 21.3 Å². The molecule has 4 N–H and O–H groups in total. The quantitative estimate of drug-likeness (QED) is 0.467. The number of rotatable bonds is 4. The molecule has 0 unspecified atom stereocenters. The van der Waals surface area contributed by atoms with Crippen molar-refractivity contribution < 1.29 is 4.79 Å². The van der Waals surface area contributed by atoms with Gasteiger partial charge >= 0.3 is 6.03 Å². The zero-order valence-electron chi connectivity index (χ0n) is 16.9. The van der Waals surface area contributed by atoms with Gasteiger partial charge in [-0.2, -0.15) is 5.10 Å². The zero-order valence-corrected chi connectivity index (χ0v) is 16.9. The van der Waals surface area contributed by atoms with E-state index in [9.17, 15) is 4.79 Å². The lowest BCUT2D eigenvalue weighted by Gasteiger charge is -2.30. The number of nitrogens with zero attached hydrogens (tertiary/aromatic N) is 6. The van der Waals surface area contributed by atoms with Gasteiger partial charge in [-0.05, 0) is 49.7 Å². The molecule has 0 atom stereocenters. The van der Waals surface area contributed by atoms with Crippen LogP contribution in [-0.2, 0) is 0 Å². The average Bonchev–Trinajstić information content (AvgIpc) is 3.05. The van der Waals surface area contributed by atoms with Crippen molar-refractivity contribution in [1.29, 1.82) is 0 Å². The fourth-order valence-corrected chi connectivity index (χ4v) is 3.41. The predicted molar refractivity (Wildman–Crippen MR) is 118 cm³/mol. The average molecular weight is 415 g/mol. The Bertz CT molecular complexity index is 1240. The van der Waals surface area contributed by atoms with Crippen molar-refractivity contribution in [3.63, 3.8) is 0 Å². The third-order valence-corrected chi connectivity index (χ3v) is 5.04. The number of urea groups is 1. The van der Waals surface area contributed by atoms with Gasteiger partial charge in [0, 0.05) is 36.7 Å². The highest BCUT2D eigenvalue weighted by Crippen LogP contribution is 2.30. The molecular formula is C21H21N9O. The third kappa shape index (κ3) is 3.70. The largest absolute Gasteiger partial charge is 0.384 e. The van der Waals surface area contributed by atoms with E-state index in [1.54, 1.807) is 28.6 Å². The Labute approximate surface area is 178 Å². The molecule has 156 valence electrons. The smallest absolute Gasteiger partial charge is 0.321 e. The van der Waals surface area contributed by atoms with Gasteiger partial charge in [0.25, 0.3) is 0 Å². The number of hydrogen-bond donors (Lipinski definition) is 3. The molecule has 4 heterocycles. The SMILES string of the molecule is Cc1nc(N)cc(-c2c(Nc3ccc(NC(=O)N4CCC4)cc3)nc3cccnn23)n1. The van der Waals surface area contributed by atoms with Crippen LogP contribution in [0.1, 0.15) is 12.2 Å². The normalized spacial score (nSPS) is 13.1. The second-order valence-corrected chi connectivity index (χ2v) is 7.30. The number of likely N-dealkylation sites (tertiary alicyclic amines) is 1. The number of aryl methyl sites for hydroxylation is 1. The number of anilines is 4. The molecule has 0 bridgehead atoms. The number of benzene rings is 1. The number of amides is 2. The number of carbonyl (C=O) groups excluding carboxylic acids is 1. The van der Waals surface area contributed by atoms with Crippen LogP contribution in [0.15, 0.2) is 48.7 Å². The summed E-state index contributed by atoms with van der Waals surface area (Å²) in [7, 11) is 0. The number of nitrogens with two attached hydrogens (primary N) is 1. The molecule has 0 saturated carbocycles. The standard InChI is InChI=1S/C21H21N9O/c1-13-24-16(12-17(22)25-13)19-20(28-18-4-2-9-23-30(18)19)26-14-5-7-15(8-6-14)27-21(31)29-10-3-11-29/h2,4-9,12,26H,3,10-11H2,1H3,(H,27,31)(H2,22,24,25). The molecule has 1 aliphatic heterocycles. The van der Waals surface area contributed by atoms with E-state index in [0.717, 1.165) is 30.9 Å². The highest BCUT2D eigenvalue weighted by atomic mass is 16.2. The zero-order chi connectivity index (χ0) is 21.4. The number of aromatic nitrogens is 5. The van der Waals surface area contributed by atoms with E-state index in [4.69, 9.17) is 5.73 Å². The van der Waals surface area contributed by atoms with Crippen molar-refractivity contribution in [2.45, 2.75) is 13.3 Å². The van der Waals surface area contributed by atoms with Crippen molar-refractivity contribution in [3.8, 4) is 11.4 Å². The Kier molecular flexibility index (Phi) is 4.58. The summed E-state index contributed by atoms with van der Waals surface area (Å²) in [4.78, 5) is 27.2. The Morgan fingerprint density at radius 2 is 1.84 bits per heavy atom. The summed E-state index contributed by atoms with van der Waals surface area (Å²) in [5.41, 5.74) is 9.47. The van der Waals surface area contributed by atoms with Crippen LogP contribution in [0, 0.1) is 6.92 Å². The molecule has 10 heteroatoms. The van der Waals surface area contributed by atoms with Crippen LogP contribution >= 0.6 is 0 Å². The van der Waals surface area contributed by atoms with Crippen molar-refractivity contribution in [1.82, 2.24) is 29.5 Å². The molecule has 1 aromatic carbocycles. The summed E-state index contributed by atoms with van der Waals surface area (Å²) in [5, 5.41) is 10.7. The Morgan fingerprint density at radius 3 is 2.55 bits per heavy atom. The van der Waals surface area contributed by atoms with Crippen LogP contribution < -0.4 is 16.4 Å². The summed E-state index contributed by atoms with van der Waals surface area (Å²) in [5.74, 6) is 1.53. The van der Waals surface area contributed by atoms with E-state index in [-0.39, 0.29) is 6.03 Å². The van der Waals surface area contributed by atoms with Gasteiger partial charge in [0.15, 0.2) is 11.5 Å². The minimum absolute atomic E-state index is 0.0719. The molecular weight excluding hydrogens is 394 g/mol. The van der Waals surface area contributed by atoms with Crippen LogP contribution in [0.5, 0.6) is 0 Å². The molecule has 10 nitrogen and oxygen atoms in total. The Balaban J connectivity index is 1.45. The van der Waals surface area contributed by atoms with Crippen molar-refractivity contribution in [2.24, 2.45) is 0 Å². The number of fused-ring (bicyclic) bond motifs is 1. The first-order valence-corrected chi connectivity index (χ1v) is 9.95. The maximum absolute atomic E-state index is 12.1. The van der Waals surface area contributed by atoms with Crippen LogP contribution in [0.3, 0.4) is 0 Å². The number of imidazole rings is 1. The first kappa shape index (κ1) is 18.8. The molecule has 1 aliphatic rings. The second kappa shape index (κ2) is 7.56. The fraction of sp³-hybridized carbons (Fsp3) is 0.190. The summed E-state index contributed by atoms with van der Waals surface area (Å²) in [6.45, 7) is 3.41. The molecule has 5 rings (SSSR count). The lowest BCUT2D eigenvalue weighted by atomic mass is 10.2. The molecule has 0 spiro atoms. The van der Waals surface area contributed by atoms with Crippen molar-refractivity contribution in [3.05, 3.63) is 54.5 Å². The minimum atomic E-state index is -0.0719. The number of nitrogen functional groups attached to an aromatic ring is 1. The third-order valence-electron chi connectivity index (χ3n) is 5.04. The van der Waals surface area contributed by atoms with Gasteiger partial charge in [-0.25, -0.2) is 24.3 Å². The fourth-order valence-electron chi connectivity index (χ4n) is 3.41. The van der Waals surface area contributed by atoms with Crippen LogP contribution in [0.4, 0.5) is 27.8 Å². The number of hydrogen-bond acceptors (Lipinski definition) is 7. The topological polar surface area (TPSA) is 126 Å². The van der Waals surface area contributed by atoms with Crippen LogP contribution in [0.2, 0.25) is 0 Å². The molecule has 31 heavy (non-hydrogen) atoms. The Hall–Kier alpha value is -4.21. The predicted octanol–water partition coefficient (Wildman–Crippen LogP) is 3.06. The highest BCUT2D eigenvalue weighted by Gasteiger charge is 2.20. The summed E-state index contributed by atoms with van der Waals surface area (Å²) in [6.07, 6.45) is 2.75. The van der Waals surface area contributed by atoms with E-state index in [1.165, 1.54) is 0 Å². The first-order valence-electron chi connectivity index (χ1n) is 9.95. The maximum atomic E-state index is 12.1. The van der Waals surface area contributed by atoms with Gasteiger partial charge in [0.1, 0.15) is 17.3 Å². The number of carbonyl (C=O) groups is 1. The molecule has 1 fully saturated rings. The first-order chi connectivity index (χ1) is 15.1. The molecule has 0 radical (unpaired) electrons. The molecule has 0 aliphatic carbocycles. The van der Waals surface area contributed by atoms with Crippen LogP contribution in [0.25, 0.3) is 17.0 Å². The Morgan fingerprint density at radius 1 is 1.06 bits per heavy atom. The highest BCUT2D eigenvalue weighted by molar-refractivity contribution is 5.90. The van der Waals surface area contributed by atoms with E-state index in [0.29, 0.717) is 34.5 Å². The minimum Gasteiger partial charge on any atom is -0.384 e. The summed E-state index contributed by atoms with van der Waals surface area (Å²) in [6, 6.07) is 12.8. The maximum Gasteiger partial charge on any atom is 0.321 e. The molecule has 4 aromatic rings. The molecule has 3 aromatic heterocycles. The lowest BCUT2D eigenvalue weighted by Crippen LogP contribution is -2.44. The van der Waals surface area contributed by atoms with E-state index in [1.807, 2.05) is 36.4 Å². The lowest BCUT2D eigenvalue weighted by molar-refractivity contribution is 0.181. The summed E-state index contributed by atoms with van der Waals surface area (Å²) < 4.78 is 1.71. The van der Waals surface area contributed by atoms with Gasteiger partial charge in [0.2, 0.25) is 0 Å². The second-order valence-electron chi connectivity index (χ2n) is 7.30. The van der Waals surface area contributed by atoms with Gasteiger partial charge in [-0.1, -0.05) is 0 Å². The van der Waals surface area contributed by atoms with E-state index >= 15 is 0 Å². The number of nitrogens with one attached hydrogen (secondary N) is 2. The monoisotopic (exact) mass is 415 g/mol.